The maximum absolute atomic E-state index is 12.5. The zero-order valence-corrected chi connectivity index (χ0v) is 17.4. The smallest absolute Gasteiger partial charge is 0.322 e. The average Bonchev–Trinajstić information content (AvgIpc) is 3.17. The molecular weight excluding hydrogens is 390 g/mol. The Morgan fingerprint density at radius 3 is 2.45 bits per heavy atom. The fourth-order valence-corrected chi connectivity index (χ4v) is 3.06. The number of nitrogens with zero attached hydrogens (tertiary/aromatic N) is 2. The molecule has 152 valence electrons. The van der Waals surface area contributed by atoms with Crippen molar-refractivity contribution in [2.75, 3.05) is 24.8 Å². The average molecular weight is 413 g/mol. The van der Waals surface area contributed by atoms with E-state index >= 15 is 0 Å². The molecule has 0 radical (unpaired) electrons. The fraction of sp³-hybridized carbons (Fsp3) is 0.286. The van der Waals surface area contributed by atoms with E-state index in [1.165, 1.54) is 4.90 Å². The standard InChI is InChI=1S/C21H23N3O4S/c1-4-26-17-11-8-15(13-18(17)27-5-2)20(25)22-21-24-23-19(28-21)12-14-6-9-16(29-3)10-7-14/h6-11,13H,4-5,12H2,1-3H3,(H,22,24,25). The van der Waals surface area contributed by atoms with Crippen LogP contribution in [0.4, 0.5) is 6.01 Å². The lowest BCUT2D eigenvalue weighted by Gasteiger charge is -2.11. The van der Waals surface area contributed by atoms with Gasteiger partial charge in [0.25, 0.3) is 5.91 Å². The van der Waals surface area contributed by atoms with E-state index in [2.05, 4.69) is 15.5 Å². The highest BCUT2D eigenvalue weighted by molar-refractivity contribution is 7.98. The number of hydrogen-bond donors (Lipinski definition) is 1. The molecule has 7 nitrogen and oxygen atoms in total. The van der Waals surface area contributed by atoms with E-state index in [4.69, 9.17) is 13.9 Å². The third kappa shape index (κ3) is 5.51. The Morgan fingerprint density at radius 2 is 1.76 bits per heavy atom. The molecule has 0 aliphatic rings. The summed E-state index contributed by atoms with van der Waals surface area (Å²) in [4.78, 5) is 13.7. The van der Waals surface area contributed by atoms with E-state index in [0.717, 1.165) is 5.56 Å². The Morgan fingerprint density at radius 1 is 1.03 bits per heavy atom. The second kappa shape index (κ2) is 9.97. The van der Waals surface area contributed by atoms with Gasteiger partial charge in [-0.1, -0.05) is 17.2 Å². The van der Waals surface area contributed by atoms with Crippen molar-refractivity contribution >= 4 is 23.7 Å². The molecule has 0 aliphatic carbocycles. The quantitative estimate of drug-likeness (QED) is 0.519. The van der Waals surface area contributed by atoms with E-state index in [0.29, 0.717) is 42.6 Å². The van der Waals surface area contributed by atoms with Crippen LogP contribution < -0.4 is 14.8 Å². The summed E-state index contributed by atoms with van der Waals surface area (Å²) in [6, 6.07) is 13.2. The molecule has 0 aliphatic heterocycles. The minimum absolute atomic E-state index is 0.0533. The van der Waals surface area contributed by atoms with Gasteiger partial charge in [0, 0.05) is 10.5 Å². The van der Waals surface area contributed by atoms with Crippen molar-refractivity contribution in [2.24, 2.45) is 0 Å². The maximum Gasteiger partial charge on any atom is 0.322 e. The monoisotopic (exact) mass is 413 g/mol. The largest absolute Gasteiger partial charge is 0.490 e. The zero-order chi connectivity index (χ0) is 20.6. The Balaban J connectivity index is 1.67. The van der Waals surface area contributed by atoms with Crippen molar-refractivity contribution < 1.29 is 18.7 Å². The molecule has 1 aromatic heterocycles. The summed E-state index contributed by atoms with van der Waals surface area (Å²) in [5.41, 5.74) is 1.46. The first-order chi connectivity index (χ1) is 14.1. The number of thioether (sulfide) groups is 1. The van der Waals surface area contributed by atoms with Crippen LogP contribution in [0.5, 0.6) is 11.5 Å². The Kier molecular flexibility index (Phi) is 7.13. The number of anilines is 1. The summed E-state index contributed by atoms with van der Waals surface area (Å²) in [7, 11) is 0. The van der Waals surface area contributed by atoms with Gasteiger partial charge in [0.05, 0.1) is 19.6 Å². The lowest BCUT2D eigenvalue weighted by Crippen LogP contribution is -2.12. The topological polar surface area (TPSA) is 86.5 Å². The van der Waals surface area contributed by atoms with Gasteiger partial charge in [-0.05, 0) is 56.0 Å². The van der Waals surface area contributed by atoms with Crippen LogP contribution in [0.3, 0.4) is 0 Å². The van der Waals surface area contributed by atoms with Crippen molar-refractivity contribution in [2.45, 2.75) is 25.2 Å². The van der Waals surface area contributed by atoms with Crippen molar-refractivity contribution in [1.82, 2.24) is 10.2 Å². The van der Waals surface area contributed by atoms with E-state index in [1.807, 2.05) is 44.4 Å². The molecular formula is C21H23N3O4S. The number of carbonyl (C=O) groups is 1. The first kappa shape index (κ1) is 20.7. The summed E-state index contributed by atoms with van der Waals surface area (Å²) in [6.07, 6.45) is 2.53. The second-order valence-corrected chi connectivity index (χ2v) is 6.89. The van der Waals surface area contributed by atoms with Crippen molar-refractivity contribution in [1.29, 1.82) is 0 Å². The SMILES string of the molecule is CCOc1ccc(C(=O)Nc2nnc(Cc3ccc(SC)cc3)o2)cc1OCC. The zero-order valence-electron chi connectivity index (χ0n) is 16.6. The van der Waals surface area contributed by atoms with Crippen LogP contribution in [0, 0.1) is 0 Å². The van der Waals surface area contributed by atoms with Gasteiger partial charge in [-0.25, -0.2) is 0 Å². The van der Waals surface area contributed by atoms with Crippen molar-refractivity contribution in [3.8, 4) is 11.5 Å². The molecule has 0 saturated carbocycles. The molecule has 3 rings (SSSR count). The molecule has 0 fully saturated rings. The molecule has 1 amide bonds. The molecule has 1 heterocycles. The molecule has 8 heteroatoms. The molecule has 0 saturated heterocycles. The molecule has 3 aromatic rings. The highest BCUT2D eigenvalue weighted by Gasteiger charge is 2.15. The van der Waals surface area contributed by atoms with Gasteiger partial charge in [-0.3, -0.25) is 10.1 Å². The predicted octanol–water partition coefficient (Wildman–Crippen LogP) is 4.43. The number of benzene rings is 2. The van der Waals surface area contributed by atoms with Crippen molar-refractivity contribution in [3.05, 3.63) is 59.5 Å². The second-order valence-electron chi connectivity index (χ2n) is 6.01. The van der Waals surface area contributed by atoms with Crippen LogP contribution >= 0.6 is 11.8 Å². The van der Waals surface area contributed by atoms with E-state index in [1.54, 1.807) is 30.0 Å². The highest BCUT2D eigenvalue weighted by atomic mass is 32.2. The fourth-order valence-electron chi connectivity index (χ4n) is 2.66. The Labute approximate surface area is 173 Å². The van der Waals surface area contributed by atoms with Gasteiger partial charge in [0.1, 0.15) is 0 Å². The normalized spacial score (nSPS) is 10.6. The Bertz CT molecular complexity index is 957. The van der Waals surface area contributed by atoms with Crippen LogP contribution in [-0.2, 0) is 6.42 Å². The summed E-state index contributed by atoms with van der Waals surface area (Å²) < 4.78 is 16.6. The molecule has 0 spiro atoms. The number of nitrogens with one attached hydrogen (secondary N) is 1. The van der Waals surface area contributed by atoms with Crippen LogP contribution in [0.25, 0.3) is 0 Å². The van der Waals surface area contributed by atoms with Gasteiger partial charge in [0.15, 0.2) is 11.5 Å². The van der Waals surface area contributed by atoms with E-state index < -0.39 is 0 Å². The van der Waals surface area contributed by atoms with E-state index in [9.17, 15) is 4.79 Å². The van der Waals surface area contributed by atoms with Gasteiger partial charge in [-0.2, -0.15) is 0 Å². The minimum atomic E-state index is -0.367. The lowest BCUT2D eigenvalue weighted by molar-refractivity contribution is 0.102. The highest BCUT2D eigenvalue weighted by Crippen LogP contribution is 2.29. The number of amides is 1. The van der Waals surface area contributed by atoms with E-state index in [-0.39, 0.29) is 11.9 Å². The van der Waals surface area contributed by atoms with Gasteiger partial charge < -0.3 is 13.9 Å². The van der Waals surface area contributed by atoms with Crippen LogP contribution in [0.1, 0.15) is 35.7 Å². The van der Waals surface area contributed by atoms with Crippen LogP contribution in [-0.4, -0.2) is 35.6 Å². The molecule has 2 aromatic carbocycles. The number of carbonyl (C=O) groups excluding carboxylic acids is 1. The third-order valence-corrected chi connectivity index (χ3v) is 4.75. The van der Waals surface area contributed by atoms with Crippen molar-refractivity contribution in [3.63, 3.8) is 0 Å². The Hall–Kier alpha value is -3.00. The van der Waals surface area contributed by atoms with Crippen LogP contribution in [0.2, 0.25) is 0 Å². The third-order valence-electron chi connectivity index (χ3n) is 4.01. The summed E-state index contributed by atoms with van der Waals surface area (Å²) in [6.45, 7) is 4.74. The minimum Gasteiger partial charge on any atom is -0.490 e. The first-order valence-electron chi connectivity index (χ1n) is 9.29. The van der Waals surface area contributed by atoms with Crippen LogP contribution in [0.15, 0.2) is 51.8 Å². The number of hydrogen-bond acceptors (Lipinski definition) is 7. The molecule has 0 bridgehead atoms. The maximum atomic E-state index is 12.5. The predicted molar refractivity (Wildman–Crippen MR) is 112 cm³/mol. The number of aromatic nitrogens is 2. The molecule has 1 N–H and O–H groups in total. The summed E-state index contributed by atoms with van der Waals surface area (Å²) >= 11 is 1.68. The lowest BCUT2D eigenvalue weighted by atomic mass is 10.1. The molecule has 29 heavy (non-hydrogen) atoms. The molecule has 0 atom stereocenters. The number of ether oxygens (including phenoxy) is 2. The number of rotatable bonds is 9. The summed E-state index contributed by atoms with van der Waals surface area (Å²) in [5.74, 6) is 1.17. The van der Waals surface area contributed by atoms with Gasteiger partial charge >= 0.3 is 6.01 Å². The van der Waals surface area contributed by atoms with Gasteiger partial charge in [0.2, 0.25) is 5.89 Å². The molecule has 0 unspecified atom stereocenters. The first-order valence-corrected chi connectivity index (χ1v) is 10.5. The van der Waals surface area contributed by atoms with Gasteiger partial charge in [-0.15, -0.1) is 16.9 Å². The summed E-state index contributed by atoms with van der Waals surface area (Å²) in [5, 5.41) is 10.5.